The van der Waals surface area contributed by atoms with Crippen molar-refractivity contribution in [2.75, 3.05) is 6.61 Å². The Bertz CT molecular complexity index is 431. The number of nitrogens with one attached hydrogen (secondary N) is 1. The zero-order chi connectivity index (χ0) is 12.7. The van der Waals surface area contributed by atoms with E-state index in [1.807, 2.05) is 0 Å². The Hall–Kier alpha value is -2.37. The summed E-state index contributed by atoms with van der Waals surface area (Å²) in [4.78, 5) is 25.6. The Morgan fingerprint density at radius 1 is 1.53 bits per heavy atom. The molecule has 0 aliphatic rings. The van der Waals surface area contributed by atoms with Crippen LogP contribution >= 0.6 is 0 Å². The zero-order valence-corrected chi connectivity index (χ0v) is 9.05. The van der Waals surface area contributed by atoms with Gasteiger partial charge in [-0.1, -0.05) is 18.7 Å². The Morgan fingerprint density at radius 3 is 2.94 bits per heavy atom. The van der Waals surface area contributed by atoms with Crippen LogP contribution in [0.25, 0.3) is 0 Å². The molecule has 2 N–H and O–H groups in total. The number of pyridine rings is 1. The number of nitrogens with zero attached hydrogens (tertiary/aromatic N) is 1. The van der Waals surface area contributed by atoms with Crippen LogP contribution in [0.15, 0.2) is 30.9 Å². The van der Waals surface area contributed by atoms with Crippen molar-refractivity contribution in [3.63, 3.8) is 0 Å². The molecule has 0 radical (unpaired) electrons. The third-order valence-electron chi connectivity index (χ3n) is 1.77. The molecule has 0 saturated carbocycles. The number of ether oxygens (including phenoxy) is 1. The summed E-state index contributed by atoms with van der Waals surface area (Å²) >= 11 is 0. The molecule has 1 aromatic rings. The van der Waals surface area contributed by atoms with Crippen LogP contribution in [0.3, 0.4) is 0 Å². The molecule has 1 amide bonds. The number of aromatic nitrogens is 1. The van der Waals surface area contributed by atoms with Crippen LogP contribution in [-0.2, 0) is 11.3 Å². The van der Waals surface area contributed by atoms with Gasteiger partial charge in [-0.2, -0.15) is 0 Å². The predicted octanol–water partition coefficient (Wildman–Crippen LogP) is 1.19. The van der Waals surface area contributed by atoms with Gasteiger partial charge < -0.3 is 15.2 Å². The minimum Gasteiger partial charge on any atom is -0.477 e. The van der Waals surface area contributed by atoms with Crippen LogP contribution < -0.4 is 5.32 Å². The van der Waals surface area contributed by atoms with Crippen molar-refractivity contribution in [1.29, 1.82) is 0 Å². The van der Waals surface area contributed by atoms with Crippen LogP contribution in [0.5, 0.6) is 0 Å². The van der Waals surface area contributed by atoms with Crippen molar-refractivity contribution in [2.45, 2.75) is 6.54 Å². The average molecular weight is 236 g/mol. The summed E-state index contributed by atoms with van der Waals surface area (Å²) in [6, 6.07) is 4.55. The Morgan fingerprint density at radius 2 is 2.29 bits per heavy atom. The van der Waals surface area contributed by atoms with Crippen molar-refractivity contribution < 1.29 is 19.4 Å². The van der Waals surface area contributed by atoms with Gasteiger partial charge >= 0.3 is 12.1 Å². The van der Waals surface area contributed by atoms with E-state index in [4.69, 9.17) is 5.11 Å². The molecule has 1 aromatic heterocycles. The number of carboxylic acids is 1. The largest absolute Gasteiger partial charge is 0.477 e. The minimum absolute atomic E-state index is 0.0660. The number of carboxylic acid groups (broad SMARTS) is 1. The summed E-state index contributed by atoms with van der Waals surface area (Å²) in [7, 11) is 0. The molecular weight excluding hydrogens is 224 g/mol. The number of carbonyl (C=O) groups excluding carboxylic acids is 1. The van der Waals surface area contributed by atoms with Crippen molar-refractivity contribution in [3.8, 4) is 0 Å². The number of amides is 1. The molecule has 1 heterocycles. The monoisotopic (exact) mass is 236 g/mol. The van der Waals surface area contributed by atoms with Crippen LogP contribution in [0.2, 0.25) is 0 Å². The van der Waals surface area contributed by atoms with Gasteiger partial charge in [0.25, 0.3) is 0 Å². The van der Waals surface area contributed by atoms with E-state index in [1.54, 1.807) is 12.1 Å². The van der Waals surface area contributed by atoms with E-state index in [1.165, 1.54) is 12.1 Å². The molecular formula is C11H12N2O4. The van der Waals surface area contributed by atoms with Crippen LogP contribution in [0.1, 0.15) is 16.2 Å². The fraction of sp³-hybridized carbons (Fsp3) is 0.182. The summed E-state index contributed by atoms with van der Waals surface area (Å²) in [5.41, 5.74) is 0.379. The van der Waals surface area contributed by atoms with E-state index >= 15 is 0 Å². The summed E-state index contributed by atoms with van der Waals surface area (Å²) in [6.07, 6.45) is 0.843. The van der Waals surface area contributed by atoms with Gasteiger partial charge in [-0.3, -0.25) is 0 Å². The van der Waals surface area contributed by atoms with E-state index in [-0.39, 0.29) is 18.8 Å². The Balaban J connectivity index is 2.51. The number of carbonyl (C=O) groups is 2. The molecule has 0 aliphatic heterocycles. The number of aromatic carboxylic acids is 1. The second kappa shape index (κ2) is 6.26. The molecule has 0 unspecified atom stereocenters. The number of alkyl carbamates (subject to hydrolysis) is 1. The lowest BCUT2D eigenvalue weighted by atomic mass is 10.3. The number of hydrogen-bond acceptors (Lipinski definition) is 4. The first-order chi connectivity index (χ1) is 8.13. The number of hydrogen-bond donors (Lipinski definition) is 2. The van der Waals surface area contributed by atoms with E-state index in [0.717, 1.165) is 0 Å². The normalized spacial score (nSPS) is 9.41. The van der Waals surface area contributed by atoms with Gasteiger partial charge in [0.2, 0.25) is 0 Å². The first-order valence-electron chi connectivity index (χ1n) is 4.84. The lowest BCUT2D eigenvalue weighted by molar-refractivity contribution is 0.0690. The summed E-state index contributed by atoms with van der Waals surface area (Å²) in [6.45, 7) is 3.63. The average Bonchev–Trinajstić information content (AvgIpc) is 2.34. The molecule has 0 aliphatic carbocycles. The van der Waals surface area contributed by atoms with E-state index in [2.05, 4.69) is 21.6 Å². The second-order valence-electron chi connectivity index (χ2n) is 3.06. The van der Waals surface area contributed by atoms with Gasteiger partial charge in [-0.15, -0.1) is 0 Å². The fourth-order valence-electron chi connectivity index (χ4n) is 1.05. The van der Waals surface area contributed by atoms with Crippen molar-refractivity contribution in [1.82, 2.24) is 10.3 Å². The van der Waals surface area contributed by atoms with Gasteiger partial charge in [0.15, 0.2) is 0 Å². The zero-order valence-electron chi connectivity index (χ0n) is 9.05. The first-order valence-corrected chi connectivity index (χ1v) is 4.84. The predicted molar refractivity (Wildman–Crippen MR) is 59.6 cm³/mol. The minimum atomic E-state index is -1.11. The lowest BCUT2D eigenvalue weighted by Gasteiger charge is -2.05. The second-order valence-corrected chi connectivity index (χ2v) is 3.06. The molecule has 0 spiro atoms. The molecule has 0 atom stereocenters. The number of rotatable bonds is 5. The van der Waals surface area contributed by atoms with E-state index in [0.29, 0.717) is 5.69 Å². The lowest BCUT2D eigenvalue weighted by Crippen LogP contribution is -2.24. The highest BCUT2D eigenvalue weighted by atomic mass is 16.5. The molecule has 0 saturated heterocycles. The third-order valence-corrected chi connectivity index (χ3v) is 1.77. The van der Waals surface area contributed by atoms with Crippen molar-refractivity contribution in [2.24, 2.45) is 0 Å². The van der Waals surface area contributed by atoms with Gasteiger partial charge in [0.1, 0.15) is 12.3 Å². The van der Waals surface area contributed by atoms with Crippen LogP contribution in [0, 0.1) is 0 Å². The summed E-state index contributed by atoms with van der Waals surface area (Å²) in [5, 5.41) is 11.2. The van der Waals surface area contributed by atoms with Gasteiger partial charge in [-0.25, -0.2) is 14.6 Å². The smallest absolute Gasteiger partial charge is 0.407 e. The Labute approximate surface area is 97.9 Å². The molecule has 1 rings (SSSR count). The van der Waals surface area contributed by atoms with Crippen molar-refractivity contribution >= 4 is 12.1 Å². The maximum Gasteiger partial charge on any atom is 0.407 e. The van der Waals surface area contributed by atoms with Gasteiger partial charge in [-0.05, 0) is 12.1 Å². The molecule has 6 nitrogen and oxygen atoms in total. The van der Waals surface area contributed by atoms with Crippen molar-refractivity contribution in [3.05, 3.63) is 42.2 Å². The topological polar surface area (TPSA) is 88.5 Å². The Kier molecular flexibility index (Phi) is 4.68. The molecule has 90 valence electrons. The SMILES string of the molecule is C=CCOC(=O)NCc1cccc(C(=O)O)n1. The molecule has 0 fully saturated rings. The third kappa shape index (κ3) is 4.33. The maximum absolute atomic E-state index is 11.1. The highest BCUT2D eigenvalue weighted by Crippen LogP contribution is 1.99. The van der Waals surface area contributed by atoms with Gasteiger partial charge in [0, 0.05) is 0 Å². The molecule has 0 aromatic carbocycles. The standard InChI is InChI=1S/C11H12N2O4/c1-2-6-17-11(16)12-7-8-4-3-5-9(13-8)10(14)15/h2-5H,1,6-7H2,(H,12,16)(H,14,15). The summed E-state index contributed by atoms with van der Waals surface area (Å²) < 4.78 is 4.68. The fourth-order valence-corrected chi connectivity index (χ4v) is 1.05. The maximum atomic E-state index is 11.1. The van der Waals surface area contributed by atoms with Crippen LogP contribution in [-0.4, -0.2) is 28.8 Å². The van der Waals surface area contributed by atoms with E-state index in [9.17, 15) is 9.59 Å². The van der Waals surface area contributed by atoms with Gasteiger partial charge in [0.05, 0.1) is 12.2 Å². The van der Waals surface area contributed by atoms with E-state index < -0.39 is 12.1 Å². The molecule has 0 bridgehead atoms. The molecule has 6 heteroatoms. The highest BCUT2D eigenvalue weighted by molar-refractivity contribution is 5.85. The highest BCUT2D eigenvalue weighted by Gasteiger charge is 2.06. The van der Waals surface area contributed by atoms with Crippen LogP contribution in [0.4, 0.5) is 4.79 Å². The summed E-state index contributed by atoms with van der Waals surface area (Å²) in [5.74, 6) is -1.11. The molecule has 17 heavy (non-hydrogen) atoms. The first kappa shape index (κ1) is 12.7. The quantitative estimate of drug-likeness (QED) is 0.750.